The lowest BCUT2D eigenvalue weighted by molar-refractivity contribution is -0.118. The van der Waals surface area contributed by atoms with E-state index in [2.05, 4.69) is 5.32 Å². The van der Waals surface area contributed by atoms with Gasteiger partial charge >= 0.3 is 5.97 Å². The number of amides is 1. The summed E-state index contributed by atoms with van der Waals surface area (Å²) in [5, 5.41) is 14.2. The maximum Gasteiger partial charge on any atom is 0.339 e. The number of fused-ring (bicyclic) bond motifs is 1. The molecule has 1 amide bonds. The van der Waals surface area contributed by atoms with E-state index in [1.54, 1.807) is 24.3 Å². The number of aryl methyl sites for hydroxylation is 1. The van der Waals surface area contributed by atoms with Crippen LogP contribution in [-0.2, 0) is 4.79 Å². The number of ether oxygens (including phenoxy) is 1. The third-order valence-electron chi connectivity index (χ3n) is 3.89. The minimum atomic E-state index is -1.11. The minimum absolute atomic E-state index is 0.00915. The number of halogens is 1. The van der Waals surface area contributed by atoms with Crippen LogP contribution in [-0.4, -0.2) is 23.6 Å². The van der Waals surface area contributed by atoms with Crippen LogP contribution < -0.4 is 10.1 Å². The predicted molar refractivity (Wildman–Crippen MR) is 101 cm³/mol. The van der Waals surface area contributed by atoms with Crippen LogP contribution in [0.4, 0.5) is 5.69 Å². The lowest BCUT2D eigenvalue weighted by Gasteiger charge is -2.11. The first kappa shape index (κ1) is 17.8. The van der Waals surface area contributed by atoms with Crippen molar-refractivity contribution in [2.75, 3.05) is 11.9 Å². The highest BCUT2D eigenvalue weighted by Crippen LogP contribution is 2.26. The van der Waals surface area contributed by atoms with Crippen LogP contribution in [0.15, 0.2) is 54.6 Å². The number of benzene rings is 3. The summed E-state index contributed by atoms with van der Waals surface area (Å²) in [4.78, 5) is 23.6. The van der Waals surface area contributed by atoms with Crippen molar-refractivity contribution in [3.8, 4) is 5.75 Å². The molecule has 6 heteroatoms. The van der Waals surface area contributed by atoms with Crippen LogP contribution in [0.5, 0.6) is 5.75 Å². The van der Waals surface area contributed by atoms with Crippen LogP contribution in [0.3, 0.4) is 0 Å². The van der Waals surface area contributed by atoms with E-state index in [4.69, 9.17) is 16.3 Å². The number of aromatic carboxylic acids is 1. The molecule has 0 radical (unpaired) electrons. The molecule has 0 aromatic heterocycles. The molecule has 2 N–H and O–H groups in total. The number of carbonyl (C=O) groups is 2. The first-order valence-electron chi connectivity index (χ1n) is 7.89. The first-order valence-corrected chi connectivity index (χ1v) is 8.27. The fraction of sp³-hybridized carbons (Fsp3) is 0.100. The van der Waals surface area contributed by atoms with Crippen molar-refractivity contribution in [2.45, 2.75) is 6.92 Å². The Labute approximate surface area is 155 Å². The molecule has 0 atom stereocenters. The molecular formula is C20H16ClNO4. The van der Waals surface area contributed by atoms with Gasteiger partial charge in [-0.25, -0.2) is 4.79 Å². The third-order valence-corrected chi connectivity index (χ3v) is 4.30. The molecule has 0 aliphatic heterocycles. The van der Waals surface area contributed by atoms with Crippen molar-refractivity contribution in [3.05, 3.63) is 70.7 Å². The van der Waals surface area contributed by atoms with Gasteiger partial charge in [0.15, 0.2) is 6.61 Å². The van der Waals surface area contributed by atoms with Gasteiger partial charge in [-0.1, -0.05) is 41.9 Å². The van der Waals surface area contributed by atoms with Crippen LogP contribution in [0.2, 0.25) is 5.02 Å². The van der Waals surface area contributed by atoms with Gasteiger partial charge in [-0.05, 0) is 47.5 Å². The van der Waals surface area contributed by atoms with E-state index in [0.29, 0.717) is 10.7 Å². The highest BCUT2D eigenvalue weighted by atomic mass is 35.5. The smallest absolute Gasteiger partial charge is 0.339 e. The van der Waals surface area contributed by atoms with Crippen LogP contribution in [0.25, 0.3) is 10.8 Å². The van der Waals surface area contributed by atoms with E-state index in [-0.39, 0.29) is 17.9 Å². The number of carboxylic acids is 1. The number of carboxylic acid groups (broad SMARTS) is 1. The van der Waals surface area contributed by atoms with Crippen LogP contribution in [0.1, 0.15) is 15.9 Å². The monoisotopic (exact) mass is 369 g/mol. The number of anilines is 1. The quantitative estimate of drug-likeness (QED) is 0.693. The standard InChI is InChI=1S/C20H16ClNO4/c1-12-6-7-15(10-17(12)21)22-19(23)11-26-18-9-14-5-3-2-4-13(14)8-16(18)20(24)25/h2-10H,11H2,1H3,(H,22,23)(H,24,25). The van der Waals surface area contributed by atoms with Crippen molar-refractivity contribution in [3.63, 3.8) is 0 Å². The summed E-state index contributed by atoms with van der Waals surface area (Å²) in [6, 6.07) is 15.7. The summed E-state index contributed by atoms with van der Waals surface area (Å²) >= 11 is 6.03. The van der Waals surface area contributed by atoms with Gasteiger partial charge in [-0.2, -0.15) is 0 Å². The molecule has 0 aliphatic rings. The largest absolute Gasteiger partial charge is 0.483 e. The predicted octanol–water partition coefficient (Wildman–Crippen LogP) is 4.52. The van der Waals surface area contributed by atoms with Crippen molar-refractivity contribution < 1.29 is 19.4 Å². The summed E-state index contributed by atoms with van der Waals surface area (Å²) in [5.41, 5.74) is 1.46. The summed E-state index contributed by atoms with van der Waals surface area (Å²) in [7, 11) is 0. The highest BCUT2D eigenvalue weighted by molar-refractivity contribution is 6.31. The molecule has 0 saturated carbocycles. The fourth-order valence-corrected chi connectivity index (χ4v) is 2.70. The number of hydrogen-bond acceptors (Lipinski definition) is 3. The van der Waals surface area contributed by atoms with E-state index >= 15 is 0 Å². The molecule has 0 fully saturated rings. The second-order valence-electron chi connectivity index (χ2n) is 5.80. The number of carbonyl (C=O) groups excluding carboxylic acids is 1. The van der Waals surface area contributed by atoms with Gasteiger partial charge in [0.05, 0.1) is 0 Å². The topological polar surface area (TPSA) is 75.6 Å². The summed E-state index contributed by atoms with van der Waals surface area (Å²) in [5.74, 6) is -1.38. The Morgan fingerprint density at radius 2 is 1.77 bits per heavy atom. The zero-order valence-electron chi connectivity index (χ0n) is 14.0. The Balaban J connectivity index is 1.75. The Morgan fingerprint density at radius 3 is 2.42 bits per heavy atom. The maximum absolute atomic E-state index is 12.1. The Bertz CT molecular complexity index is 1000. The minimum Gasteiger partial charge on any atom is -0.483 e. The lowest BCUT2D eigenvalue weighted by Crippen LogP contribution is -2.21. The zero-order valence-corrected chi connectivity index (χ0v) is 14.7. The normalized spacial score (nSPS) is 10.5. The molecular weight excluding hydrogens is 354 g/mol. The molecule has 3 rings (SSSR count). The van der Waals surface area contributed by atoms with Crippen LogP contribution in [0, 0.1) is 6.92 Å². The molecule has 3 aromatic carbocycles. The van der Waals surface area contributed by atoms with E-state index in [0.717, 1.165) is 16.3 Å². The third kappa shape index (κ3) is 3.95. The molecule has 0 unspecified atom stereocenters. The SMILES string of the molecule is Cc1ccc(NC(=O)COc2cc3ccccc3cc2C(=O)O)cc1Cl. The van der Waals surface area contributed by atoms with Crippen molar-refractivity contribution >= 4 is 39.9 Å². The second kappa shape index (κ2) is 7.45. The highest BCUT2D eigenvalue weighted by Gasteiger charge is 2.14. The maximum atomic E-state index is 12.1. The average Bonchev–Trinajstić information content (AvgIpc) is 2.62. The van der Waals surface area contributed by atoms with E-state index < -0.39 is 11.9 Å². The molecule has 0 heterocycles. The molecule has 0 aliphatic carbocycles. The number of nitrogens with one attached hydrogen (secondary N) is 1. The average molecular weight is 370 g/mol. The Kier molecular flexibility index (Phi) is 5.09. The van der Waals surface area contributed by atoms with Gasteiger partial charge in [0.2, 0.25) is 0 Å². The lowest BCUT2D eigenvalue weighted by atomic mass is 10.1. The van der Waals surface area contributed by atoms with Crippen molar-refractivity contribution in [1.82, 2.24) is 0 Å². The van der Waals surface area contributed by atoms with Gasteiger partial charge in [0.1, 0.15) is 11.3 Å². The van der Waals surface area contributed by atoms with Gasteiger partial charge in [0.25, 0.3) is 5.91 Å². The fourth-order valence-electron chi connectivity index (χ4n) is 2.52. The van der Waals surface area contributed by atoms with E-state index in [9.17, 15) is 14.7 Å². The molecule has 0 spiro atoms. The molecule has 0 bridgehead atoms. The van der Waals surface area contributed by atoms with Crippen LogP contribution >= 0.6 is 11.6 Å². The van der Waals surface area contributed by atoms with Gasteiger partial charge in [-0.15, -0.1) is 0 Å². The Hall–Kier alpha value is -3.05. The summed E-state index contributed by atoms with van der Waals surface area (Å²) in [6.07, 6.45) is 0. The second-order valence-corrected chi connectivity index (χ2v) is 6.21. The Morgan fingerprint density at radius 1 is 1.08 bits per heavy atom. The molecule has 26 heavy (non-hydrogen) atoms. The van der Waals surface area contributed by atoms with Crippen molar-refractivity contribution in [1.29, 1.82) is 0 Å². The van der Waals surface area contributed by atoms with E-state index in [1.807, 2.05) is 31.2 Å². The molecule has 132 valence electrons. The molecule has 0 saturated heterocycles. The van der Waals surface area contributed by atoms with Gasteiger partial charge < -0.3 is 15.2 Å². The summed E-state index contributed by atoms with van der Waals surface area (Å²) in [6.45, 7) is 1.55. The number of rotatable bonds is 5. The zero-order chi connectivity index (χ0) is 18.7. The van der Waals surface area contributed by atoms with Crippen molar-refractivity contribution in [2.24, 2.45) is 0 Å². The van der Waals surface area contributed by atoms with Gasteiger partial charge in [-0.3, -0.25) is 4.79 Å². The molecule has 5 nitrogen and oxygen atoms in total. The first-order chi connectivity index (χ1) is 12.4. The number of hydrogen-bond donors (Lipinski definition) is 2. The molecule has 3 aromatic rings. The van der Waals surface area contributed by atoms with E-state index in [1.165, 1.54) is 6.07 Å². The summed E-state index contributed by atoms with van der Waals surface area (Å²) < 4.78 is 5.47. The van der Waals surface area contributed by atoms with Gasteiger partial charge in [0, 0.05) is 10.7 Å².